The number of nitrogens with one attached hydrogen (secondary N) is 2. The molecule has 2 aromatic carbocycles. The highest BCUT2D eigenvalue weighted by Gasteiger charge is 2.53. The van der Waals surface area contributed by atoms with Gasteiger partial charge in [0, 0.05) is 11.4 Å². The van der Waals surface area contributed by atoms with Crippen LogP contribution in [0.15, 0.2) is 54.6 Å². The van der Waals surface area contributed by atoms with E-state index in [1.807, 2.05) is 47.4 Å². The van der Waals surface area contributed by atoms with Gasteiger partial charge in [-0.3, -0.25) is 4.79 Å². The van der Waals surface area contributed by atoms with E-state index in [4.69, 9.17) is 12.2 Å². The number of carbonyl (C=O) groups is 1. The van der Waals surface area contributed by atoms with Gasteiger partial charge in [0.2, 0.25) is 5.91 Å². The normalized spacial score (nSPS) is 28.2. The van der Waals surface area contributed by atoms with E-state index in [-0.39, 0.29) is 12.3 Å². The fraction of sp³-hybridized carbons (Fsp3) is 0.391. The van der Waals surface area contributed by atoms with Gasteiger partial charge >= 0.3 is 0 Å². The lowest BCUT2D eigenvalue weighted by molar-refractivity contribution is -0.126. The number of aliphatic hydroxyl groups is 2. The monoisotopic (exact) mass is 425 g/mol. The largest absolute Gasteiger partial charge is 0.390 e. The molecule has 5 atom stereocenters. The summed E-state index contributed by atoms with van der Waals surface area (Å²) in [6, 6.07) is 16.4. The first-order chi connectivity index (χ1) is 14.4. The van der Waals surface area contributed by atoms with Crippen molar-refractivity contribution in [1.29, 1.82) is 0 Å². The predicted octanol–water partition coefficient (Wildman–Crippen LogP) is 2.62. The SMILES string of the molecule is CC(C)c1ccc(N2C(=S)N[C@H]3[C@@H](O)[C@H](O)C[C@@H](C(=O)Nc4ccccc4)[C@H]32)cc1. The topological polar surface area (TPSA) is 84.8 Å². The highest BCUT2D eigenvalue weighted by atomic mass is 32.1. The first-order valence-corrected chi connectivity index (χ1v) is 10.7. The van der Waals surface area contributed by atoms with Crippen molar-refractivity contribution >= 4 is 34.6 Å². The number of aliphatic hydroxyl groups excluding tert-OH is 2. The van der Waals surface area contributed by atoms with E-state index in [2.05, 4.69) is 36.6 Å². The Morgan fingerprint density at radius 2 is 1.80 bits per heavy atom. The molecule has 0 unspecified atom stereocenters. The molecule has 1 heterocycles. The molecule has 0 spiro atoms. The number of hydrogen-bond donors (Lipinski definition) is 4. The van der Waals surface area contributed by atoms with E-state index in [0.29, 0.717) is 16.7 Å². The van der Waals surface area contributed by atoms with Gasteiger partial charge in [0.05, 0.1) is 24.1 Å². The lowest BCUT2D eigenvalue weighted by atomic mass is 9.77. The highest BCUT2D eigenvalue weighted by Crippen LogP contribution is 2.37. The van der Waals surface area contributed by atoms with Crippen molar-refractivity contribution in [3.8, 4) is 0 Å². The number of para-hydroxylation sites is 1. The molecule has 2 fully saturated rings. The zero-order valence-corrected chi connectivity index (χ0v) is 17.8. The quantitative estimate of drug-likeness (QED) is 0.564. The van der Waals surface area contributed by atoms with Crippen molar-refractivity contribution in [3.63, 3.8) is 0 Å². The summed E-state index contributed by atoms with van der Waals surface area (Å²) in [5.41, 5.74) is 2.78. The third-order valence-corrected chi connectivity index (χ3v) is 6.38. The summed E-state index contributed by atoms with van der Waals surface area (Å²) in [5.74, 6) is -0.338. The third-order valence-electron chi connectivity index (χ3n) is 6.06. The number of fused-ring (bicyclic) bond motifs is 1. The Kier molecular flexibility index (Phi) is 5.77. The lowest BCUT2D eigenvalue weighted by Crippen LogP contribution is -2.60. The zero-order valence-electron chi connectivity index (χ0n) is 17.0. The van der Waals surface area contributed by atoms with Crippen molar-refractivity contribution in [3.05, 3.63) is 60.2 Å². The van der Waals surface area contributed by atoms with Gasteiger partial charge in [0.15, 0.2) is 5.11 Å². The Morgan fingerprint density at radius 3 is 2.43 bits per heavy atom. The Hall–Kier alpha value is -2.48. The number of thiocarbonyl (C=S) groups is 1. The fourth-order valence-corrected chi connectivity index (χ4v) is 4.78. The molecule has 4 N–H and O–H groups in total. The average Bonchev–Trinajstić information content (AvgIpc) is 3.08. The Morgan fingerprint density at radius 1 is 1.13 bits per heavy atom. The molecule has 0 radical (unpaired) electrons. The van der Waals surface area contributed by atoms with Crippen molar-refractivity contribution in [2.75, 3.05) is 10.2 Å². The second kappa shape index (κ2) is 8.34. The molecule has 2 aromatic rings. The summed E-state index contributed by atoms with van der Waals surface area (Å²) in [5, 5.41) is 27.6. The first-order valence-electron chi connectivity index (χ1n) is 10.3. The maximum Gasteiger partial charge on any atom is 0.229 e. The molecule has 1 aliphatic carbocycles. The minimum atomic E-state index is -1.01. The van der Waals surface area contributed by atoms with Gasteiger partial charge in [-0.05, 0) is 54.4 Å². The van der Waals surface area contributed by atoms with E-state index >= 15 is 0 Å². The van der Waals surface area contributed by atoms with Gasteiger partial charge in [0.1, 0.15) is 6.10 Å². The summed E-state index contributed by atoms with van der Waals surface area (Å²) < 4.78 is 0. The molecule has 6 nitrogen and oxygen atoms in total. The predicted molar refractivity (Wildman–Crippen MR) is 122 cm³/mol. The van der Waals surface area contributed by atoms with Gasteiger partial charge in [-0.1, -0.05) is 44.2 Å². The first kappa shape index (κ1) is 20.8. The van der Waals surface area contributed by atoms with Gasteiger partial charge in [-0.25, -0.2) is 0 Å². The van der Waals surface area contributed by atoms with Crippen LogP contribution in [0.4, 0.5) is 11.4 Å². The van der Waals surface area contributed by atoms with Crippen LogP contribution < -0.4 is 15.5 Å². The van der Waals surface area contributed by atoms with E-state index in [1.54, 1.807) is 0 Å². The summed E-state index contributed by atoms with van der Waals surface area (Å²) in [4.78, 5) is 15.1. The number of amides is 1. The van der Waals surface area contributed by atoms with Crippen LogP contribution in [0, 0.1) is 5.92 Å². The molecule has 4 rings (SSSR count). The van der Waals surface area contributed by atoms with Gasteiger partial charge in [-0.2, -0.15) is 0 Å². The van der Waals surface area contributed by atoms with E-state index < -0.39 is 30.2 Å². The second-order valence-electron chi connectivity index (χ2n) is 8.34. The van der Waals surface area contributed by atoms with Crippen LogP contribution in [-0.2, 0) is 4.79 Å². The number of hydrogen-bond acceptors (Lipinski definition) is 4. The Labute approximate surface area is 181 Å². The molecule has 0 aromatic heterocycles. The summed E-state index contributed by atoms with van der Waals surface area (Å²) >= 11 is 5.57. The minimum absolute atomic E-state index is 0.159. The molecule has 1 saturated carbocycles. The standard InChI is InChI=1S/C23H27N3O3S/c1-13(2)14-8-10-16(11-9-14)26-20-17(22(29)24-15-6-4-3-5-7-15)12-18(27)21(28)19(20)25-23(26)30/h3-11,13,17-21,27-28H,12H2,1-2H3,(H,24,29)(H,25,30)/t17-,18-,19-,20-,21+/m1/s1. The molecule has 158 valence electrons. The number of nitrogens with zero attached hydrogens (tertiary/aromatic N) is 1. The van der Waals surface area contributed by atoms with Crippen LogP contribution >= 0.6 is 12.2 Å². The number of carbonyl (C=O) groups excluding carboxylic acids is 1. The van der Waals surface area contributed by atoms with Crippen LogP contribution in [0.1, 0.15) is 31.7 Å². The third kappa shape index (κ3) is 3.80. The van der Waals surface area contributed by atoms with Crippen LogP contribution in [0.5, 0.6) is 0 Å². The fourth-order valence-electron chi connectivity index (χ4n) is 4.42. The van der Waals surface area contributed by atoms with Crippen LogP contribution in [-0.4, -0.2) is 45.5 Å². The van der Waals surface area contributed by atoms with E-state index in [1.165, 1.54) is 5.56 Å². The lowest BCUT2D eigenvalue weighted by Gasteiger charge is -2.41. The van der Waals surface area contributed by atoms with Gasteiger partial charge in [0.25, 0.3) is 0 Å². The Balaban J connectivity index is 1.66. The number of rotatable bonds is 4. The molecular formula is C23H27N3O3S. The number of anilines is 2. The average molecular weight is 426 g/mol. The smallest absolute Gasteiger partial charge is 0.229 e. The number of benzene rings is 2. The van der Waals surface area contributed by atoms with E-state index in [9.17, 15) is 15.0 Å². The molecule has 0 bridgehead atoms. The van der Waals surface area contributed by atoms with E-state index in [0.717, 1.165) is 5.69 Å². The maximum atomic E-state index is 13.2. The van der Waals surface area contributed by atoms with Crippen molar-refractivity contribution in [1.82, 2.24) is 5.32 Å². The molecule has 2 aliphatic rings. The van der Waals surface area contributed by atoms with Crippen molar-refractivity contribution in [2.24, 2.45) is 5.92 Å². The van der Waals surface area contributed by atoms with Gasteiger partial charge in [-0.15, -0.1) is 0 Å². The van der Waals surface area contributed by atoms with Crippen molar-refractivity contribution < 1.29 is 15.0 Å². The highest BCUT2D eigenvalue weighted by molar-refractivity contribution is 7.80. The van der Waals surface area contributed by atoms with Crippen LogP contribution in [0.3, 0.4) is 0 Å². The summed E-state index contributed by atoms with van der Waals surface area (Å²) in [6.45, 7) is 4.27. The zero-order chi connectivity index (χ0) is 21.4. The second-order valence-corrected chi connectivity index (χ2v) is 8.72. The summed E-state index contributed by atoms with van der Waals surface area (Å²) in [6.07, 6.45) is -1.85. The molecule has 30 heavy (non-hydrogen) atoms. The van der Waals surface area contributed by atoms with Gasteiger partial charge < -0.3 is 25.7 Å². The van der Waals surface area contributed by atoms with Crippen LogP contribution in [0.2, 0.25) is 0 Å². The van der Waals surface area contributed by atoms with Crippen LogP contribution in [0.25, 0.3) is 0 Å². The minimum Gasteiger partial charge on any atom is -0.390 e. The molecule has 1 aliphatic heterocycles. The molecular weight excluding hydrogens is 398 g/mol. The molecule has 1 amide bonds. The molecule has 7 heteroatoms. The summed E-state index contributed by atoms with van der Waals surface area (Å²) in [7, 11) is 0. The molecule has 1 saturated heterocycles. The maximum absolute atomic E-state index is 13.2. The van der Waals surface area contributed by atoms with Crippen molar-refractivity contribution in [2.45, 2.75) is 50.5 Å². The Bertz CT molecular complexity index is 919.